The van der Waals surface area contributed by atoms with Crippen molar-refractivity contribution in [2.24, 2.45) is 0 Å². The maximum Gasteiger partial charge on any atom is 0.339 e. The van der Waals surface area contributed by atoms with Gasteiger partial charge in [-0.25, -0.2) is 4.79 Å². The number of hydrogen-bond acceptors (Lipinski definition) is 3. The van der Waals surface area contributed by atoms with Crippen LogP contribution in [-0.2, 0) is 6.54 Å². The zero-order valence-corrected chi connectivity index (χ0v) is 12.2. The van der Waals surface area contributed by atoms with E-state index < -0.39 is 5.97 Å². The maximum absolute atomic E-state index is 10.9. The Kier molecular flexibility index (Phi) is 3.95. The lowest BCUT2D eigenvalue weighted by Crippen LogP contribution is -2.00. The summed E-state index contributed by atoms with van der Waals surface area (Å²) >= 11 is 3.51. The Hall–Kier alpha value is -1.75. The molecule has 4 nitrogen and oxygen atoms in total. The summed E-state index contributed by atoms with van der Waals surface area (Å²) in [6, 6.07) is 7.46. The fourth-order valence-electron chi connectivity index (χ4n) is 1.81. The third-order valence-corrected chi connectivity index (χ3v) is 3.90. The molecule has 0 atom stereocenters. The Morgan fingerprint density at radius 1 is 1.42 bits per heavy atom. The summed E-state index contributed by atoms with van der Waals surface area (Å²) in [6.07, 6.45) is 0. The van der Waals surface area contributed by atoms with Gasteiger partial charge in [0, 0.05) is 10.2 Å². The van der Waals surface area contributed by atoms with Gasteiger partial charge in [0.15, 0.2) is 0 Å². The molecule has 0 fully saturated rings. The van der Waals surface area contributed by atoms with Crippen molar-refractivity contribution >= 4 is 27.6 Å². The number of benzene rings is 1. The predicted molar refractivity (Wildman–Crippen MR) is 76.6 cm³/mol. The Morgan fingerprint density at radius 3 is 2.79 bits per heavy atom. The minimum Gasteiger partial charge on any atom is -0.478 e. The van der Waals surface area contributed by atoms with Crippen molar-refractivity contribution in [1.82, 2.24) is 0 Å². The minimum atomic E-state index is -0.968. The van der Waals surface area contributed by atoms with Crippen LogP contribution in [0.1, 0.15) is 27.4 Å². The van der Waals surface area contributed by atoms with E-state index in [2.05, 4.69) is 21.2 Å². The number of aromatic carboxylic acids is 1. The number of aryl methyl sites for hydroxylation is 2. The fraction of sp³-hybridized carbons (Fsp3) is 0.214. The molecule has 1 aromatic carbocycles. The van der Waals surface area contributed by atoms with Gasteiger partial charge < -0.3 is 14.8 Å². The third-order valence-electron chi connectivity index (χ3n) is 2.84. The zero-order valence-electron chi connectivity index (χ0n) is 10.7. The van der Waals surface area contributed by atoms with Gasteiger partial charge in [-0.05, 0) is 47.5 Å². The van der Waals surface area contributed by atoms with E-state index in [0.29, 0.717) is 18.1 Å². The van der Waals surface area contributed by atoms with Crippen LogP contribution < -0.4 is 5.32 Å². The number of furan rings is 1. The van der Waals surface area contributed by atoms with Crippen LogP contribution in [0.5, 0.6) is 0 Å². The lowest BCUT2D eigenvalue weighted by atomic mass is 10.2. The standard InChI is InChI=1S/C14H14BrNO3/c1-8-4-3-5-12(13(8)15)16-7-10-6-11(14(17)18)9(2)19-10/h3-6,16H,7H2,1-2H3,(H,17,18). The summed E-state index contributed by atoms with van der Waals surface area (Å²) in [7, 11) is 0. The second-order valence-electron chi connectivity index (χ2n) is 4.28. The molecule has 0 aliphatic rings. The smallest absolute Gasteiger partial charge is 0.339 e. The van der Waals surface area contributed by atoms with E-state index in [-0.39, 0.29) is 5.56 Å². The minimum absolute atomic E-state index is 0.208. The van der Waals surface area contributed by atoms with Crippen LogP contribution in [0.3, 0.4) is 0 Å². The molecule has 5 heteroatoms. The highest BCUT2D eigenvalue weighted by Crippen LogP contribution is 2.26. The first-order chi connectivity index (χ1) is 8.99. The van der Waals surface area contributed by atoms with E-state index >= 15 is 0 Å². The molecule has 0 saturated heterocycles. The first kappa shape index (κ1) is 13.7. The van der Waals surface area contributed by atoms with E-state index in [9.17, 15) is 4.79 Å². The van der Waals surface area contributed by atoms with Crippen molar-refractivity contribution in [2.45, 2.75) is 20.4 Å². The van der Waals surface area contributed by atoms with Crippen LogP contribution in [0.4, 0.5) is 5.69 Å². The van der Waals surface area contributed by atoms with Crippen LogP contribution in [0.15, 0.2) is 33.2 Å². The number of hydrogen-bond donors (Lipinski definition) is 2. The van der Waals surface area contributed by atoms with Gasteiger partial charge in [0.25, 0.3) is 0 Å². The van der Waals surface area contributed by atoms with Gasteiger partial charge in [0.1, 0.15) is 17.1 Å². The lowest BCUT2D eigenvalue weighted by Gasteiger charge is -2.08. The molecule has 0 spiro atoms. The molecule has 1 heterocycles. The van der Waals surface area contributed by atoms with Gasteiger partial charge in [0.05, 0.1) is 6.54 Å². The highest BCUT2D eigenvalue weighted by atomic mass is 79.9. The first-order valence-electron chi connectivity index (χ1n) is 5.80. The number of carboxylic acids is 1. The van der Waals surface area contributed by atoms with Gasteiger partial charge in [-0.2, -0.15) is 0 Å². The number of rotatable bonds is 4. The van der Waals surface area contributed by atoms with Crippen LogP contribution in [0, 0.1) is 13.8 Å². The van der Waals surface area contributed by atoms with Crippen LogP contribution in [-0.4, -0.2) is 11.1 Å². The summed E-state index contributed by atoms with van der Waals surface area (Å²) in [5.74, 6) is 0.0557. The lowest BCUT2D eigenvalue weighted by molar-refractivity contribution is 0.0695. The molecule has 2 aromatic rings. The quantitative estimate of drug-likeness (QED) is 0.893. The summed E-state index contributed by atoms with van der Waals surface area (Å²) in [5, 5.41) is 12.2. The van der Waals surface area contributed by atoms with Crippen LogP contribution in [0.25, 0.3) is 0 Å². The monoisotopic (exact) mass is 323 g/mol. The molecule has 0 radical (unpaired) electrons. The highest BCUT2D eigenvalue weighted by Gasteiger charge is 2.13. The van der Waals surface area contributed by atoms with Crippen molar-refractivity contribution in [3.05, 3.63) is 51.4 Å². The summed E-state index contributed by atoms with van der Waals surface area (Å²) in [6.45, 7) is 4.10. The number of nitrogens with one attached hydrogen (secondary N) is 1. The van der Waals surface area contributed by atoms with Gasteiger partial charge in [-0.3, -0.25) is 0 Å². The summed E-state index contributed by atoms with van der Waals surface area (Å²) in [4.78, 5) is 10.9. The van der Waals surface area contributed by atoms with E-state index in [4.69, 9.17) is 9.52 Å². The van der Waals surface area contributed by atoms with Gasteiger partial charge in [-0.15, -0.1) is 0 Å². The largest absolute Gasteiger partial charge is 0.478 e. The van der Waals surface area contributed by atoms with Crippen molar-refractivity contribution in [3.63, 3.8) is 0 Å². The molecule has 0 aliphatic heterocycles. The summed E-state index contributed by atoms with van der Waals surface area (Å²) in [5.41, 5.74) is 2.29. The average molecular weight is 324 g/mol. The number of anilines is 1. The molecular weight excluding hydrogens is 310 g/mol. The Morgan fingerprint density at radius 2 is 2.16 bits per heavy atom. The fourth-order valence-corrected chi connectivity index (χ4v) is 2.21. The molecule has 0 bridgehead atoms. The van der Waals surface area contributed by atoms with Crippen molar-refractivity contribution in [2.75, 3.05) is 5.32 Å². The summed E-state index contributed by atoms with van der Waals surface area (Å²) < 4.78 is 6.41. The zero-order chi connectivity index (χ0) is 14.0. The van der Waals surface area contributed by atoms with Gasteiger partial charge >= 0.3 is 5.97 Å². The van der Waals surface area contributed by atoms with Crippen molar-refractivity contribution < 1.29 is 14.3 Å². The molecule has 2 N–H and O–H groups in total. The van der Waals surface area contributed by atoms with E-state index in [0.717, 1.165) is 15.7 Å². The average Bonchev–Trinajstić information content (AvgIpc) is 2.73. The third kappa shape index (κ3) is 2.98. The molecule has 19 heavy (non-hydrogen) atoms. The maximum atomic E-state index is 10.9. The Bertz CT molecular complexity index is 619. The number of halogens is 1. The molecule has 0 aliphatic carbocycles. The predicted octanol–water partition coefficient (Wildman–Crippen LogP) is 3.97. The molecule has 100 valence electrons. The molecule has 0 amide bonds. The van der Waals surface area contributed by atoms with Crippen molar-refractivity contribution in [1.29, 1.82) is 0 Å². The van der Waals surface area contributed by atoms with E-state index in [1.165, 1.54) is 0 Å². The molecule has 0 saturated carbocycles. The van der Waals surface area contributed by atoms with Gasteiger partial charge in [-0.1, -0.05) is 12.1 Å². The van der Waals surface area contributed by atoms with E-state index in [1.54, 1.807) is 13.0 Å². The molecular formula is C14H14BrNO3. The highest BCUT2D eigenvalue weighted by molar-refractivity contribution is 9.10. The normalized spacial score (nSPS) is 10.5. The van der Waals surface area contributed by atoms with Crippen molar-refractivity contribution in [3.8, 4) is 0 Å². The number of carboxylic acid groups (broad SMARTS) is 1. The number of carbonyl (C=O) groups is 1. The topological polar surface area (TPSA) is 62.5 Å². The SMILES string of the molecule is Cc1cccc(NCc2cc(C(=O)O)c(C)o2)c1Br. The van der Waals surface area contributed by atoms with Crippen LogP contribution in [0.2, 0.25) is 0 Å². The molecule has 2 rings (SSSR count). The second kappa shape index (κ2) is 5.48. The Balaban J connectivity index is 2.13. The first-order valence-corrected chi connectivity index (χ1v) is 6.60. The van der Waals surface area contributed by atoms with Crippen LogP contribution >= 0.6 is 15.9 Å². The van der Waals surface area contributed by atoms with Gasteiger partial charge in [0.2, 0.25) is 0 Å². The molecule has 1 aromatic heterocycles. The Labute approximate surface area is 119 Å². The molecule has 0 unspecified atom stereocenters. The second-order valence-corrected chi connectivity index (χ2v) is 5.07. The van der Waals surface area contributed by atoms with E-state index in [1.807, 2.05) is 25.1 Å².